The predicted octanol–water partition coefficient (Wildman–Crippen LogP) is 2.84. The van der Waals surface area contributed by atoms with E-state index in [-0.39, 0.29) is 0 Å². The van der Waals surface area contributed by atoms with Crippen LogP contribution in [0.2, 0.25) is 0 Å². The van der Waals surface area contributed by atoms with Crippen LogP contribution in [0.3, 0.4) is 0 Å². The molecule has 13 heavy (non-hydrogen) atoms. The molecule has 0 aromatic rings. The molecule has 0 fully saturated rings. The molecule has 0 aliphatic heterocycles. The standard InChI is InChI=1S/C6H14O.C5H12O/c1-5(2)7-6(3)4;1-5(2)3-4-6/h5-6H,1-4H3;5-6H,3-4H2,1-2H3. The number of aliphatic hydroxyl groups is 1. The Hall–Kier alpha value is -0.0800. The molecule has 2 nitrogen and oxygen atoms in total. The molecular formula is C11H26O2. The normalized spacial score (nSPS) is 10.6. The van der Waals surface area contributed by atoms with Gasteiger partial charge in [0.1, 0.15) is 0 Å². The van der Waals surface area contributed by atoms with Gasteiger partial charge in [0, 0.05) is 6.61 Å². The zero-order valence-electron chi connectivity index (χ0n) is 10.0. The smallest absolute Gasteiger partial charge is 0.0522 e. The van der Waals surface area contributed by atoms with E-state index in [0.29, 0.717) is 24.7 Å². The first-order valence-electron chi connectivity index (χ1n) is 5.16. The van der Waals surface area contributed by atoms with Crippen molar-refractivity contribution in [3.8, 4) is 0 Å². The molecule has 0 aliphatic rings. The van der Waals surface area contributed by atoms with Crippen molar-refractivity contribution in [2.45, 2.75) is 60.2 Å². The van der Waals surface area contributed by atoms with Gasteiger partial charge in [-0.1, -0.05) is 13.8 Å². The fourth-order valence-corrected chi connectivity index (χ4v) is 0.803. The van der Waals surface area contributed by atoms with Gasteiger partial charge in [-0.2, -0.15) is 0 Å². The molecule has 0 atom stereocenters. The fraction of sp³-hybridized carbons (Fsp3) is 1.00. The molecule has 0 aliphatic carbocycles. The summed E-state index contributed by atoms with van der Waals surface area (Å²) in [4.78, 5) is 0. The number of rotatable bonds is 4. The maximum Gasteiger partial charge on any atom is 0.0522 e. The van der Waals surface area contributed by atoms with Crippen LogP contribution in [-0.2, 0) is 4.74 Å². The Kier molecular flexibility index (Phi) is 11.8. The Bertz CT molecular complexity index is 82.1. The van der Waals surface area contributed by atoms with Crippen molar-refractivity contribution in [3.63, 3.8) is 0 Å². The van der Waals surface area contributed by atoms with Crippen molar-refractivity contribution in [1.29, 1.82) is 0 Å². The molecule has 0 saturated carbocycles. The summed E-state index contributed by atoms with van der Waals surface area (Å²) in [6.07, 6.45) is 1.68. The van der Waals surface area contributed by atoms with Gasteiger partial charge >= 0.3 is 0 Å². The second-order valence-corrected chi connectivity index (χ2v) is 4.14. The summed E-state index contributed by atoms with van der Waals surface area (Å²) in [5.74, 6) is 0.648. The Morgan fingerprint density at radius 1 is 0.923 bits per heavy atom. The molecule has 0 radical (unpaired) electrons. The second kappa shape index (κ2) is 10.0. The maximum atomic E-state index is 8.24. The lowest BCUT2D eigenvalue weighted by Gasteiger charge is -2.09. The van der Waals surface area contributed by atoms with Crippen molar-refractivity contribution in [1.82, 2.24) is 0 Å². The first-order chi connectivity index (χ1) is 5.90. The van der Waals surface area contributed by atoms with Gasteiger partial charge in [0.15, 0.2) is 0 Å². The monoisotopic (exact) mass is 190 g/mol. The van der Waals surface area contributed by atoms with Crippen LogP contribution in [0.5, 0.6) is 0 Å². The lowest BCUT2D eigenvalue weighted by Crippen LogP contribution is -2.09. The summed E-state index contributed by atoms with van der Waals surface area (Å²) in [5.41, 5.74) is 0. The molecule has 0 rings (SSSR count). The summed E-state index contributed by atoms with van der Waals surface area (Å²) in [6, 6.07) is 0. The summed E-state index contributed by atoms with van der Waals surface area (Å²) in [5, 5.41) is 8.24. The fourth-order valence-electron chi connectivity index (χ4n) is 0.803. The molecule has 0 amide bonds. The second-order valence-electron chi connectivity index (χ2n) is 4.14. The highest BCUT2D eigenvalue weighted by Crippen LogP contribution is 1.95. The zero-order chi connectivity index (χ0) is 10.9. The Morgan fingerprint density at radius 2 is 1.31 bits per heavy atom. The van der Waals surface area contributed by atoms with Gasteiger partial charge in [0.05, 0.1) is 12.2 Å². The summed E-state index contributed by atoms with van der Waals surface area (Å²) in [6.45, 7) is 12.7. The van der Waals surface area contributed by atoms with Crippen LogP contribution in [0.4, 0.5) is 0 Å². The largest absolute Gasteiger partial charge is 0.396 e. The van der Waals surface area contributed by atoms with E-state index in [0.717, 1.165) is 6.42 Å². The maximum absolute atomic E-state index is 8.24. The third kappa shape index (κ3) is 24.5. The van der Waals surface area contributed by atoms with Crippen molar-refractivity contribution >= 4 is 0 Å². The van der Waals surface area contributed by atoms with E-state index in [1.807, 2.05) is 27.7 Å². The van der Waals surface area contributed by atoms with Crippen LogP contribution in [0.15, 0.2) is 0 Å². The highest BCUT2D eigenvalue weighted by Gasteiger charge is 1.94. The van der Waals surface area contributed by atoms with Gasteiger partial charge in [-0.05, 0) is 40.0 Å². The minimum absolute atomic E-state index is 0.331. The highest BCUT2D eigenvalue weighted by molar-refractivity contribution is 4.40. The SMILES string of the molecule is CC(C)CCO.CC(C)OC(C)C. The number of hydrogen-bond acceptors (Lipinski definition) is 2. The van der Waals surface area contributed by atoms with Crippen LogP contribution in [0.1, 0.15) is 48.0 Å². The van der Waals surface area contributed by atoms with Crippen molar-refractivity contribution < 1.29 is 9.84 Å². The van der Waals surface area contributed by atoms with Crippen molar-refractivity contribution in [3.05, 3.63) is 0 Å². The molecular weight excluding hydrogens is 164 g/mol. The number of hydrogen-bond donors (Lipinski definition) is 1. The highest BCUT2D eigenvalue weighted by atomic mass is 16.5. The lowest BCUT2D eigenvalue weighted by molar-refractivity contribution is 0.0300. The van der Waals surface area contributed by atoms with E-state index in [4.69, 9.17) is 9.84 Å². The molecule has 0 heterocycles. The van der Waals surface area contributed by atoms with E-state index in [9.17, 15) is 0 Å². The average molecular weight is 190 g/mol. The minimum Gasteiger partial charge on any atom is -0.396 e. The van der Waals surface area contributed by atoms with E-state index >= 15 is 0 Å². The summed E-state index contributed by atoms with van der Waals surface area (Å²) in [7, 11) is 0. The molecule has 2 heteroatoms. The summed E-state index contributed by atoms with van der Waals surface area (Å²) < 4.78 is 5.25. The first-order valence-corrected chi connectivity index (χ1v) is 5.16. The third-order valence-corrected chi connectivity index (χ3v) is 1.25. The molecule has 82 valence electrons. The Balaban J connectivity index is 0. The van der Waals surface area contributed by atoms with E-state index in [1.54, 1.807) is 0 Å². The van der Waals surface area contributed by atoms with Crippen LogP contribution >= 0.6 is 0 Å². The molecule has 0 bridgehead atoms. The van der Waals surface area contributed by atoms with Gasteiger partial charge in [-0.3, -0.25) is 0 Å². The molecule has 0 aromatic heterocycles. The van der Waals surface area contributed by atoms with Gasteiger partial charge in [-0.15, -0.1) is 0 Å². The third-order valence-electron chi connectivity index (χ3n) is 1.25. The molecule has 1 N–H and O–H groups in total. The van der Waals surface area contributed by atoms with Crippen LogP contribution in [0, 0.1) is 5.92 Å². The van der Waals surface area contributed by atoms with Crippen molar-refractivity contribution in [2.75, 3.05) is 6.61 Å². The topological polar surface area (TPSA) is 29.5 Å². The quantitative estimate of drug-likeness (QED) is 0.738. The molecule has 0 saturated heterocycles. The zero-order valence-corrected chi connectivity index (χ0v) is 10.0. The van der Waals surface area contributed by atoms with Crippen LogP contribution in [-0.4, -0.2) is 23.9 Å². The van der Waals surface area contributed by atoms with Crippen molar-refractivity contribution in [2.24, 2.45) is 5.92 Å². The predicted molar refractivity (Wildman–Crippen MR) is 57.9 cm³/mol. The van der Waals surface area contributed by atoms with Gasteiger partial charge in [0.25, 0.3) is 0 Å². The van der Waals surface area contributed by atoms with E-state index < -0.39 is 0 Å². The Morgan fingerprint density at radius 3 is 1.31 bits per heavy atom. The van der Waals surface area contributed by atoms with Crippen LogP contribution in [0.25, 0.3) is 0 Å². The number of ether oxygens (including phenoxy) is 1. The van der Waals surface area contributed by atoms with E-state index in [2.05, 4.69) is 13.8 Å². The Labute approximate surface area is 83.3 Å². The summed E-state index contributed by atoms with van der Waals surface area (Å²) >= 11 is 0. The van der Waals surface area contributed by atoms with E-state index in [1.165, 1.54) is 0 Å². The minimum atomic E-state index is 0.331. The average Bonchev–Trinajstić information content (AvgIpc) is 1.83. The molecule has 0 spiro atoms. The van der Waals surface area contributed by atoms with Gasteiger partial charge in [0.2, 0.25) is 0 Å². The van der Waals surface area contributed by atoms with Crippen LogP contribution < -0.4 is 0 Å². The van der Waals surface area contributed by atoms with Gasteiger partial charge in [-0.25, -0.2) is 0 Å². The van der Waals surface area contributed by atoms with Gasteiger partial charge < -0.3 is 9.84 Å². The number of aliphatic hydroxyl groups excluding tert-OH is 1. The first kappa shape index (κ1) is 15.4. The molecule has 0 aromatic carbocycles. The lowest BCUT2D eigenvalue weighted by atomic mass is 10.2. The molecule has 0 unspecified atom stereocenters.